The van der Waals surface area contributed by atoms with Crippen LogP contribution in [0.25, 0.3) is 105 Å². The Balaban J connectivity index is 1.02. The van der Waals surface area contributed by atoms with Crippen molar-refractivity contribution in [3.8, 4) is 51.0 Å². The molecule has 14 rings (SSSR count). The Hall–Kier alpha value is -9.19. The summed E-state index contributed by atoms with van der Waals surface area (Å²) in [6, 6.07) is 84.9. The first-order valence-corrected chi connectivity index (χ1v) is 24.4. The van der Waals surface area contributed by atoms with Crippen molar-refractivity contribution in [2.45, 2.75) is 19.3 Å². The van der Waals surface area contributed by atoms with Gasteiger partial charge in [-0.2, -0.15) is 9.97 Å². The summed E-state index contributed by atoms with van der Waals surface area (Å²) in [5.74, 6) is 1.83. The molecule has 1 aliphatic rings. The van der Waals surface area contributed by atoms with E-state index in [1.807, 2.05) is 36.4 Å². The van der Waals surface area contributed by atoms with Gasteiger partial charge in [0.1, 0.15) is 0 Å². The van der Waals surface area contributed by atoms with Gasteiger partial charge in [0, 0.05) is 44.4 Å². The van der Waals surface area contributed by atoms with Crippen LogP contribution in [0.15, 0.2) is 237 Å². The van der Waals surface area contributed by atoms with Crippen LogP contribution in [0.3, 0.4) is 0 Å². The highest BCUT2D eigenvalue weighted by Gasteiger charge is 2.39. The molecule has 13 aromatic rings. The topological polar surface area (TPSA) is 46.8 Å². The average Bonchev–Trinajstić information content (AvgIpc) is 3.88. The SMILES string of the molecule is CC1(C)c2cc3c4ccccc4c4ccccc4c3cc2-c2ccc3c(c21)c1cc(-c2ccc(N(c4ccccc4)c4ccccc4)cc2)ccc1n3-c1nc(-c2ccccc2)nc(-c2ccccc2)n1. The van der Waals surface area contributed by atoms with Crippen LogP contribution < -0.4 is 4.90 Å². The number of hydrogen-bond donors (Lipinski definition) is 0. The van der Waals surface area contributed by atoms with Crippen molar-refractivity contribution in [1.29, 1.82) is 0 Å². The normalized spacial score (nSPS) is 12.8. The van der Waals surface area contributed by atoms with Crippen molar-refractivity contribution >= 4 is 71.2 Å². The van der Waals surface area contributed by atoms with Crippen LogP contribution in [0.1, 0.15) is 25.0 Å². The van der Waals surface area contributed by atoms with Crippen LogP contribution in [0.4, 0.5) is 17.1 Å². The number of aromatic nitrogens is 4. The van der Waals surface area contributed by atoms with E-state index in [1.165, 1.54) is 60.0 Å². The largest absolute Gasteiger partial charge is 0.311 e. The van der Waals surface area contributed by atoms with Crippen LogP contribution in [0.5, 0.6) is 0 Å². The van der Waals surface area contributed by atoms with Crippen molar-refractivity contribution in [2.75, 3.05) is 4.90 Å². The van der Waals surface area contributed by atoms with E-state index < -0.39 is 0 Å². The number of anilines is 3. The zero-order valence-corrected chi connectivity index (χ0v) is 39.3. The van der Waals surface area contributed by atoms with Gasteiger partial charge in [0.25, 0.3) is 0 Å². The third-order valence-corrected chi connectivity index (χ3v) is 14.8. The van der Waals surface area contributed by atoms with E-state index in [0.29, 0.717) is 17.6 Å². The molecular formula is C66H45N5. The number of nitrogens with zero attached hydrogens (tertiary/aromatic N) is 5. The summed E-state index contributed by atoms with van der Waals surface area (Å²) in [6.07, 6.45) is 0. The Labute approximate surface area is 411 Å². The molecule has 0 N–H and O–H groups in total. The summed E-state index contributed by atoms with van der Waals surface area (Å²) >= 11 is 0. The van der Waals surface area contributed by atoms with Gasteiger partial charge >= 0.3 is 0 Å². The highest BCUT2D eigenvalue weighted by molar-refractivity contribution is 6.26. The van der Waals surface area contributed by atoms with Crippen molar-refractivity contribution in [3.05, 3.63) is 248 Å². The van der Waals surface area contributed by atoms with Gasteiger partial charge in [-0.15, -0.1) is 0 Å². The molecule has 11 aromatic carbocycles. The van der Waals surface area contributed by atoms with Gasteiger partial charge in [-0.25, -0.2) is 4.98 Å². The highest BCUT2D eigenvalue weighted by Crippen LogP contribution is 2.55. The zero-order valence-electron chi connectivity index (χ0n) is 39.3. The van der Waals surface area contributed by atoms with E-state index in [0.717, 1.165) is 55.7 Å². The van der Waals surface area contributed by atoms with Crippen LogP contribution in [-0.4, -0.2) is 19.5 Å². The fourth-order valence-corrected chi connectivity index (χ4v) is 11.5. The molecule has 0 saturated carbocycles. The summed E-state index contributed by atoms with van der Waals surface area (Å²) < 4.78 is 2.27. The fourth-order valence-electron chi connectivity index (χ4n) is 11.5. The van der Waals surface area contributed by atoms with Crippen molar-refractivity contribution in [1.82, 2.24) is 19.5 Å². The first kappa shape index (κ1) is 40.8. The highest BCUT2D eigenvalue weighted by atomic mass is 15.2. The van der Waals surface area contributed by atoms with Crippen LogP contribution in [0, 0.1) is 0 Å². The molecule has 0 unspecified atom stereocenters. The molecule has 5 heteroatoms. The minimum absolute atomic E-state index is 0.357. The number of para-hydroxylation sites is 2. The molecule has 0 fully saturated rings. The molecule has 0 spiro atoms. The van der Waals surface area contributed by atoms with E-state index >= 15 is 0 Å². The van der Waals surface area contributed by atoms with Gasteiger partial charge in [-0.1, -0.05) is 184 Å². The van der Waals surface area contributed by atoms with Gasteiger partial charge in [-0.3, -0.25) is 4.57 Å². The molecule has 0 atom stereocenters. The van der Waals surface area contributed by atoms with Crippen LogP contribution in [0.2, 0.25) is 0 Å². The van der Waals surface area contributed by atoms with E-state index in [9.17, 15) is 0 Å². The third kappa shape index (κ3) is 6.43. The minimum Gasteiger partial charge on any atom is -0.311 e. The molecule has 0 saturated heterocycles. The maximum Gasteiger partial charge on any atom is 0.238 e. The van der Waals surface area contributed by atoms with Gasteiger partial charge in [0.2, 0.25) is 5.95 Å². The Morgan fingerprint density at radius 3 is 1.38 bits per heavy atom. The minimum atomic E-state index is -0.357. The fraction of sp³-hybridized carbons (Fsp3) is 0.0455. The van der Waals surface area contributed by atoms with Gasteiger partial charge in [0.05, 0.1) is 11.0 Å². The lowest BCUT2D eigenvalue weighted by Gasteiger charge is -2.25. The second-order valence-electron chi connectivity index (χ2n) is 19.2. The van der Waals surface area contributed by atoms with E-state index in [1.54, 1.807) is 0 Å². The number of fused-ring (bicyclic) bond motifs is 13. The average molecular weight is 908 g/mol. The maximum absolute atomic E-state index is 5.33. The summed E-state index contributed by atoms with van der Waals surface area (Å²) in [7, 11) is 0. The van der Waals surface area contributed by atoms with E-state index in [-0.39, 0.29) is 5.41 Å². The molecule has 0 bridgehead atoms. The van der Waals surface area contributed by atoms with E-state index in [4.69, 9.17) is 15.0 Å². The quantitative estimate of drug-likeness (QED) is 0.150. The number of hydrogen-bond acceptors (Lipinski definition) is 4. The molecule has 0 amide bonds. The summed E-state index contributed by atoms with van der Waals surface area (Å²) in [4.78, 5) is 18.1. The van der Waals surface area contributed by atoms with Crippen molar-refractivity contribution < 1.29 is 0 Å². The van der Waals surface area contributed by atoms with Crippen molar-refractivity contribution in [2.24, 2.45) is 0 Å². The Morgan fingerprint density at radius 2 is 0.817 bits per heavy atom. The maximum atomic E-state index is 5.33. The molecule has 2 heterocycles. The summed E-state index contributed by atoms with van der Waals surface area (Å²) in [5.41, 5.74) is 14.4. The monoisotopic (exact) mass is 907 g/mol. The molecule has 71 heavy (non-hydrogen) atoms. The number of rotatable bonds is 7. The number of benzene rings is 11. The van der Waals surface area contributed by atoms with Crippen LogP contribution >= 0.6 is 0 Å². The van der Waals surface area contributed by atoms with Gasteiger partial charge in [-0.05, 0) is 132 Å². The Morgan fingerprint density at radius 1 is 0.352 bits per heavy atom. The molecule has 1 aliphatic carbocycles. The lowest BCUT2D eigenvalue weighted by atomic mass is 9.79. The smallest absolute Gasteiger partial charge is 0.238 e. The second kappa shape index (κ2) is 15.9. The third-order valence-electron chi connectivity index (χ3n) is 14.8. The standard InChI is InChI=1S/C66H45N5/c1-66(2)58-41-55-52-30-18-16-28-50(52)49-27-15-17-29-51(49)54(55)40-56(58)53-36-38-60-61(62(53)66)57-39-45(42-31-34-48(35-32-42)70(46-23-11-5-12-24-46)47-25-13-6-14-26-47)33-37-59(57)71(60)65-68-63(43-19-7-3-8-20-43)67-64(69-65)44-21-9-4-10-22-44/h3-41H,1-2H3. The predicted molar refractivity (Wildman–Crippen MR) is 295 cm³/mol. The molecular weight excluding hydrogens is 863 g/mol. The molecule has 2 aromatic heterocycles. The molecule has 0 aliphatic heterocycles. The molecule has 334 valence electrons. The zero-order chi connectivity index (χ0) is 47.2. The lowest BCUT2D eigenvalue weighted by Crippen LogP contribution is -2.15. The first-order chi connectivity index (χ1) is 35.0. The predicted octanol–water partition coefficient (Wildman–Crippen LogP) is 17.2. The molecule has 5 nitrogen and oxygen atoms in total. The second-order valence-corrected chi connectivity index (χ2v) is 19.2. The Bertz CT molecular complexity index is 4120. The van der Waals surface area contributed by atoms with Crippen LogP contribution in [-0.2, 0) is 5.41 Å². The van der Waals surface area contributed by atoms with Gasteiger partial charge in [0.15, 0.2) is 11.6 Å². The summed E-state index contributed by atoms with van der Waals surface area (Å²) in [6.45, 7) is 4.82. The lowest BCUT2D eigenvalue weighted by molar-refractivity contribution is 0.667. The first-order valence-electron chi connectivity index (χ1n) is 24.4. The van der Waals surface area contributed by atoms with Gasteiger partial charge < -0.3 is 4.90 Å². The van der Waals surface area contributed by atoms with E-state index in [2.05, 4.69) is 224 Å². The Kier molecular flexibility index (Phi) is 9.17. The van der Waals surface area contributed by atoms with Crippen molar-refractivity contribution in [3.63, 3.8) is 0 Å². The molecule has 0 radical (unpaired) electrons. The summed E-state index contributed by atoms with van der Waals surface area (Å²) in [5, 5.41) is 10.0.